The van der Waals surface area contributed by atoms with Gasteiger partial charge in [-0.1, -0.05) is 86.0 Å². The van der Waals surface area contributed by atoms with Crippen LogP contribution in [0.15, 0.2) is 120 Å². The van der Waals surface area contributed by atoms with Gasteiger partial charge in [-0.05, 0) is 76.2 Å². The van der Waals surface area contributed by atoms with Gasteiger partial charge in [-0.2, -0.15) is 0 Å². The molecule has 0 fully saturated rings. The van der Waals surface area contributed by atoms with E-state index < -0.39 is 0 Å². The van der Waals surface area contributed by atoms with E-state index in [2.05, 4.69) is 83.8 Å². The summed E-state index contributed by atoms with van der Waals surface area (Å²) >= 11 is 0. The second-order valence-electron chi connectivity index (χ2n) is 7.77. The van der Waals surface area contributed by atoms with Gasteiger partial charge in [-0.25, -0.2) is 0 Å². The molecule has 0 radical (unpaired) electrons. The number of nitrogens with zero attached hydrogens (tertiary/aromatic N) is 2. The summed E-state index contributed by atoms with van der Waals surface area (Å²) in [7, 11) is 0. The Morgan fingerprint density at radius 3 is 1.30 bits per heavy atom. The summed E-state index contributed by atoms with van der Waals surface area (Å²) in [6.07, 6.45) is 8.32. The van der Waals surface area contributed by atoms with E-state index in [1.807, 2.05) is 61.0 Å². The molecule has 0 aromatic heterocycles. The molecule has 2 nitrogen and oxygen atoms in total. The van der Waals surface area contributed by atoms with Crippen LogP contribution in [-0.2, 0) is 6.42 Å². The van der Waals surface area contributed by atoms with E-state index in [1.54, 1.807) is 0 Å². The highest BCUT2D eigenvalue weighted by Gasteiger charge is 1.99. The van der Waals surface area contributed by atoms with Gasteiger partial charge in [0.1, 0.15) is 0 Å². The molecule has 0 heterocycles. The zero-order chi connectivity index (χ0) is 22.9. The lowest BCUT2D eigenvalue weighted by atomic mass is 10.0. The first-order valence-corrected chi connectivity index (χ1v) is 10.9. The Morgan fingerprint density at radius 2 is 0.909 bits per heavy atom. The summed E-state index contributed by atoms with van der Waals surface area (Å²) in [5, 5.41) is 0. The van der Waals surface area contributed by atoms with Crippen LogP contribution in [0.1, 0.15) is 33.4 Å². The Kier molecular flexibility index (Phi) is 7.19. The van der Waals surface area contributed by atoms with Crippen molar-refractivity contribution < 1.29 is 0 Å². The van der Waals surface area contributed by atoms with Crippen LogP contribution < -0.4 is 0 Å². The Balaban J connectivity index is 1.36. The number of aliphatic imine (C=N–C) groups is 2. The Morgan fingerprint density at radius 1 is 0.515 bits per heavy atom. The summed E-state index contributed by atoms with van der Waals surface area (Å²) in [4.78, 5) is 9.17. The molecule has 0 amide bonds. The van der Waals surface area contributed by atoms with Crippen molar-refractivity contribution in [2.75, 3.05) is 0 Å². The maximum atomic E-state index is 4.59. The van der Waals surface area contributed by atoms with E-state index in [-0.39, 0.29) is 0 Å². The zero-order valence-electron chi connectivity index (χ0n) is 18.6. The van der Waals surface area contributed by atoms with Crippen molar-refractivity contribution in [2.45, 2.75) is 6.42 Å². The normalized spacial score (nSPS) is 11.2. The van der Waals surface area contributed by atoms with Gasteiger partial charge in [0.15, 0.2) is 0 Å². The highest BCUT2D eigenvalue weighted by atomic mass is 14.7. The van der Waals surface area contributed by atoms with Crippen LogP contribution in [0.3, 0.4) is 0 Å². The molecule has 0 atom stereocenters. The predicted octanol–water partition coefficient (Wildman–Crippen LogP) is 8.06. The summed E-state index contributed by atoms with van der Waals surface area (Å²) in [6, 6.07) is 33.0. The number of hydrogen-bond donors (Lipinski definition) is 0. The van der Waals surface area contributed by atoms with Gasteiger partial charge in [-0.3, -0.25) is 9.98 Å². The summed E-state index contributed by atoms with van der Waals surface area (Å²) < 4.78 is 0. The summed E-state index contributed by atoms with van der Waals surface area (Å²) in [5.41, 5.74) is 8.68. The van der Waals surface area contributed by atoms with Crippen molar-refractivity contribution in [3.05, 3.63) is 144 Å². The molecule has 0 aliphatic heterocycles. The monoisotopic (exact) mass is 426 g/mol. The molecule has 0 saturated carbocycles. The topological polar surface area (TPSA) is 24.7 Å². The number of hydrogen-bond acceptors (Lipinski definition) is 2. The molecule has 160 valence electrons. The second-order valence-corrected chi connectivity index (χ2v) is 7.77. The van der Waals surface area contributed by atoms with Gasteiger partial charge in [-0.15, -0.1) is 0 Å². The fourth-order valence-corrected chi connectivity index (χ4v) is 3.47. The van der Waals surface area contributed by atoms with Crippen LogP contribution in [0.25, 0.3) is 12.2 Å². The standard InChI is InChI=1S/C31H26N2/c1-3-24-7-5-9-28(19-24)22-32-30-15-11-26(12-16-30)21-27-13-17-31(18-14-27)33-23-29-10-6-8-25(4-2)20-29/h3-20,22-23H,1-2,21H2. The lowest BCUT2D eigenvalue weighted by molar-refractivity contribution is 1.19. The molecular weight excluding hydrogens is 400 g/mol. The van der Waals surface area contributed by atoms with E-state index in [0.717, 1.165) is 40.0 Å². The minimum Gasteiger partial charge on any atom is -0.256 e. The van der Waals surface area contributed by atoms with Gasteiger partial charge in [0, 0.05) is 12.4 Å². The van der Waals surface area contributed by atoms with Gasteiger partial charge < -0.3 is 0 Å². The average Bonchev–Trinajstić information content (AvgIpc) is 2.88. The smallest absolute Gasteiger partial charge is 0.0630 e. The van der Waals surface area contributed by atoms with Crippen molar-refractivity contribution in [1.82, 2.24) is 0 Å². The highest BCUT2D eigenvalue weighted by Crippen LogP contribution is 2.19. The van der Waals surface area contributed by atoms with Crippen molar-refractivity contribution in [1.29, 1.82) is 0 Å². The maximum absolute atomic E-state index is 4.59. The van der Waals surface area contributed by atoms with Crippen LogP contribution in [-0.4, -0.2) is 12.4 Å². The lowest BCUT2D eigenvalue weighted by Crippen LogP contribution is -1.87. The molecule has 4 rings (SSSR count). The number of rotatable bonds is 8. The minimum atomic E-state index is 0.872. The molecular formula is C31H26N2. The molecule has 4 aromatic rings. The second kappa shape index (κ2) is 10.8. The van der Waals surface area contributed by atoms with Gasteiger partial charge in [0.25, 0.3) is 0 Å². The van der Waals surface area contributed by atoms with Crippen molar-refractivity contribution in [3.63, 3.8) is 0 Å². The van der Waals surface area contributed by atoms with Crippen LogP contribution in [0.2, 0.25) is 0 Å². The van der Waals surface area contributed by atoms with E-state index in [9.17, 15) is 0 Å². The molecule has 0 unspecified atom stereocenters. The van der Waals surface area contributed by atoms with E-state index in [1.165, 1.54) is 11.1 Å². The van der Waals surface area contributed by atoms with Crippen LogP contribution in [0.5, 0.6) is 0 Å². The lowest BCUT2D eigenvalue weighted by Gasteiger charge is -2.04. The molecule has 0 aliphatic carbocycles. The maximum Gasteiger partial charge on any atom is 0.0630 e. The molecule has 0 aliphatic rings. The molecule has 0 bridgehead atoms. The van der Waals surface area contributed by atoms with Crippen molar-refractivity contribution >= 4 is 36.0 Å². The third-order valence-corrected chi connectivity index (χ3v) is 5.30. The largest absolute Gasteiger partial charge is 0.256 e. The van der Waals surface area contributed by atoms with Crippen molar-refractivity contribution in [2.24, 2.45) is 9.98 Å². The average molecular weight is 427 g/mol. The zero-order valence-corrected chi connectivity index (χ0v) is 18.6. The van der Waals surface area contributed by atoms with E-state index in [0.29, 0.717) is 0 Å². The number of benzene rings is 4. The van der Waals surface area contributed by atoms with Crippen LogP contribution >= 0.6 is 0 Å². The summed E-state index contributed by atoms with van der Waals surface area (Å²) in [6.45, 7) is 7.62. The highest BCUT2D eigenvalue weighted by molar-refractivity contribution is 5.83. The van der Waals surface area contributed by atoms with Gasteiger partial charge in [0.2, 0.25) is 0 Å². The summed E-state index contributed by atoms with van der Waals surface area (Å²) in [5.74, 6) is 0. The molecule has 0 N–H and O–H groups in total. The Labute approximate surface area is 196 Å². The Bertz CT molecular complexity index is 1190. The van der Waals surface area contributed by atoms with Crippen LogP contribution in [0.4, 0.5) is 11.4 Å². The van der Waals surface area contributed by atoms with Gasteiger partial charge >= 0.3 is 0 Å². The molecule has 33 heavy (non-hydrogen) atoms. The van der Waals surface area contributed by atoms with Crippen molar-refractivity contribution in [3.8, 4) is 0 Å². The Hall–Kier alpha value is -4.30. The minimum absolute atomic E-state index is 0.872. The molecule has 0 spiro atoms. The third-order valence-electron chi connectivity index (χ3n) is 5.30. The van der Waals surface area contributed by atoms with Crippen LogP contribution in [0, 0.1) is 0 Å². The predicted molar refractivity (Wildman–Crippen MR) is 143 cm³/mol. The van der Waals surface area contributed by atoms with Gasteiger partial charge in [0.05, 0.1) is 11.4 Å². The van der Waals surface area contributed by atoms with E-state index in [4.69, 9.17) is 0 Å². The van der Waals surface area contributed by atoms with E-state index >= 15 is 0 Å². The molecule has 0 saturated heterocycles. The molecule has 4 aromatic carbocycles. The first-order valence-electron chi connectivity index (χ1n) is 10.9. The third kappa shape index (κ3) is 6.34. The molecule has 2 heteroatoms. The SMILES string of the molecule is C=Cc1cccc(C=Nc2ccc(Cc3ccc(N=Cc4cccc(C=C)c4)cc3)cc2)c1. The fraction of sp³-hybridized carbons (Fsp3) is 0.0323. The fourth-order valence-electron chi connectivity index (χ4n) is 3.47. The first-order chi connectivity index (χ1) is 16.2. The first kappa shape index (κ1) is 21.9. The quantitative estimate of drug-likeness (QED) is 0.255.